The fourth-order valence-electron chi connectivity index (χ4n) is 2.01. The van der Waals surface area contributed by atoms with E-state index in [4.69, 9.17) is 4.74 Å². The van der Waals surface area contributed by atoms with Crippen molar-refractivity contribution in [2.24, 2.45) is 0 Å². The number of hydrogen-bond acceptors (Lipinski definition) is 4. The number of nitrogens with one attached hydrogen (secondary N) is 1. The van der Waals surface area contributed by atoms with Gasteiger partial charge in [-0.2, -0.15) is 11.8 Å². The van der Waals surface area contributed by atoms with E-state index in [0.717, 1.165) is 12.2 Å². The second kappa shape index (κ2) is 3.74. The van der Waals surface area contributed by atoms with Crippen LogP contribution < -0.4 is 5.32 Å². The van der Waals surface area contributed by atoms with Crippen LogP contribution >= 0.6 is 11.8 Å². The van der Waals surface area contributed by atoms with E-state index in [1.807, 2.05) is 11.8 Å². The molecule has 0 aromatic carbocycles. The quantitative estimate of drug-likeness (QED) is 0.717. The van der Waals surface area contributed by atoms with Gasteiger partial charge in [-0.1, -0.05) is 6.92 Å². The Balaban J connectivity index is 2.06. The highest BCUT2D eigenvalue weighted by Gasteiger charge is 2.48. The van der Waals surface area contributed by atoms with E-state index < -0.39 is 0 Å². The molecule has 2 atom stereocenters. The van der Waals surface area contributed by atoms with Crippen molar-refractivity contribution in [1.29, 1.82) is 0 Å². The molecule has 80 valence electrons. The molecule has 0 aromatic rings. The van der Waals surface area contributed by atoms with Gasteiger partial charge >= 0.3 is 5.97 Å². The van der Waals surface area contributed by atoms with Crippen molar-refractivity contribution in [3.05, 3.63) is 0 Å². The summed E-state index contributed by atoms with van der Waals surface area (Å²) in [5.41, 5.74) is -0.389. The minimum atomic E-state index is -0.389. The number of hydrogen-bond donors (Lipinski definition) is 1. The molecular weight excluding hydrogens is 198 g/mol. The van der Waals surface area contributed by atoms with Crippen molar-refractivity contribution in [3.8, 4) is 0 Å². The van der Waals surface area contributed by atoms with Crippen molar-refractivity contribution in [3.63, 3.8) is 0 Å². The van der Waals surface area contributed by atoms with E-state index in [1.54, 1.807) is 0 Å². The summed E-state index contributed by atoms with van der Waals surface area (Å²) < 4.78 is 4.90. The Morgan fingerprint density at radius 2 is 2.29 bits per heavy atom. The summed E-state index contributed by atoms with van der Waals surface area (Å²) in [6.45, 7) is 2.17. The Kier molecular flexibility index (Phi) is 2.75. The molecule has 0 amide bonds. The topological polar surface area (TPSA) is 38.3 Å². The molecule has 0 bridgehead atoms. The molecule has 1 saturated heterocycles. The van der Waals surface area contributed by atoms with Gasteiger partial charge in [0.05, 0.1) is 7.11 Å². The minimum absolute atomic E-state index is 0.0822. The molecule has 2 rings (SSSR count). The van der Waals surface area contributed by atoms with Gasteiger partial charge in [0, 0.05) is 17.0 Å². The van der Waals surface area contributed by atoms with Crippen LogP contribution in [0.3, 0.4) is 0 Å². The summed E-state index contributed by atoms with van der Waals surface area (Å²) in [5, 5.41) is 4.01. The maximum atomic E-state index is 11.7. The van der Waals surface area contributed by atoms with Gasteiger partial charge < -0.3 is 4.74 Å². The molecule has 2 fully saturated rings. The molecule has 0 radical (unpaired) electrons. The van der Waals surface area contributed by atoms with E-state index >= 15 is 0 Å². The summed E-state index contributed by atoms with van der Waals surface area (Å²) >= 11 is 1.85. The van der Waals surface area contributed by atoms with Gasteiger partial charge in [0.1, 0.15) is 5.54 Å². The third kappa shape index (κ3) is 1.91. The van der Waals surface area contributed by atoms with Gasteiger partial charge in [-0.15, -0.1) is 0 Å². The lowest BCUT2D eigenvalue weighted by Gasteiger charge is -2.26. The van der Waals surface area contributed by atoms with Crippen LogP contribution in [-0.2, 0) is 9.53 Å². The average Bonchev–Trinajstić information content (AvgIpc) is 2.89. The first-order valence-electron chi connectivity index (χ1n) is 5.14. The number of carbonyl (C=O) groups is 1. The normalized spacial score (nSPS) is 37.1. The average molecular weight is 215 g/mol. The SMILES string of the molecule is COC(=O)C1(NC2CC2)CSC(C)C1. The summed E-state index contributed by atoms with van der Waals surface area (Å²) in [4.78, 5) is 11.7. The number of methoxy groups -OCH3 is 1. The van der Waals surface area contributed by atoms with Gasteiger partial charge in [0.2, 0.25) is 0 Å². The highest BCUT2D eigenvalue weighted by atomic mass is 32.2. The Hall–Kier alpha value is -0.220. The zero-order valence-electron chi connectivity index (χ0n) is 8.71. The summed E-state index contributed by atoms with van der Waals surface area (Å²) in [6, 6.07) is 0.556. The van der Waals surface area contributed by atoms with Gasteiger partial charge in [-0.05, 0) is 19.3 Å². The van der Waals surface area contributed by atoms with Crippen molar-refractivity contribution in [2.75, 3.05) is 12.9 Å². The molecule has 3 nitrogen and oxygen atoms in total. The fraction of sp³-hybridized carbons (Fsp3) is 0.900. The Labute approximate surface area is 89.0 Å². The second-order valence-electron chi connectivity index (χ2n) is 4.32. The van der Waals surface area contributed by atoms with E-state index in [0.29, 0.717) is 11.3 Å². The zero-order chi connectivity index (χ0) is 10.2. The van der Waals surface area contributed by atoms with Crippen LogP contribution in [0.4, 0.5) is 0 Å². The fourth-order valence-corrected chi connectivity index (χ4v) is 3.30. The molecule has 14 heavy (non-hydrogen) atoms. The minimum Gasteiger partial charge on any atom is -0.468 e. The molecule has 0 spiro atoms. The van der Waals surface area contributed by atoms with Gasteiger partial charge in [0.25, 0.3) is 0 Å². The Morgan fingerprint density at radius 3 is 2.71 bits per heavy atom. The predicted octanol–water partition coefficient (Wildman–Crippen LogP) is 1.18. The second-order valence-corrected chi connectivity index (χ2v) is 5.74. The number of rotatable bonds is 3. The van der Waals surface area contributed by atoms with Gasteiger partial charge in [-0.3, -0.25) is 10.1 Å². The Morgan fingerprint density at radius 1 is 1.57 bits per heavy atom. The highest BCUT2D eigenvalue weighted by molar-refractivity contribution is 8.00. The molecule has 1 heterocycles. The third-order valence-corrected chi connectivity index (χ3v) is 4.28. The summed E-state index contributed by atoms with van der Waals surface area (Å²) in [6.07, 6.45) is 3.32. The van der Waals surface area contributed by atoms with E-state index in [2.05, 4.69) is 12.2 Å². The first kappa shape index (κ1) is 10.3. The molecule has 1 N–H and O–H groups in total. The summed E-state index contributed by atoms with van der Waals surface area (Å²) in [5.74, 6) is 0.776. The largest absolute Gasteiger partial charge is 0.468 e. The van der Waals surface area contributed by atoms with Crippen LogP contribution in [0.15, 0.2) is 0 Å². The first-order chi connectivity index (χ1) is 6.66. The zero-order valence-corrected chi connectivity index (χ0v) is 9.52. The van der Waals surface area contributed by atoms with E-state index in [1.165, 1.54) is 20.0 Å². The van der Waals surface area contributed by atoms with Crippen LogP contribution in [0.1, 0.15) is 26.2 Å². The van der Waals surface area contributed by atoms with Crippen LogP contribution in [0.5, 0.6) is 0 Å². The van der Waals surface area contributed by atoms with E-state index in [9.17, 15) is 4.79 Å². The lowest BCUT2D eigenvalue weighted by molar-refractivity contribution is -0.147. The van der Waals surface area contributed by atoms with Gasteiger partial charge in [0.15, 0.2) is 0 Å². The van der Waals surface area contributed by atoms with E-state index in [-0.39, 0.29) is 11.5 Å². The third-order valence-electron chi connectivity index (χ3n) is 2.88. The van der Waals surface area contributed by atoms with Crippen LogP contribution in [0.2, 0.25) is 0 Å². The smallest absolute Gasteiger partial charge is 0.326 e. The highest BCUT2D eigenvalue weighted by Crippen LogP contribution is 2.37. The van der Waals surface area contributed by atoms with Crippen LogP contribution in [0, 0.1) is 0 Å². The maximum Gasteiger partial charge on any atom is 0.326 e. The van der Waals surface area contributed by atoms with Crippen molar-refractivity contribution in [2.45, 2.75) is 43.0 Å². The number of thioether (sulfide) groups is 1. The van der Waals surface area contributed by atoms with Gasteiger partial charge in [-0.25, -0.2) is 0 Å². The standard InChI is InChI=1S/C10H17NO2S/c1-7-5-10(6-14-7,9(12)13-2)11-8-3-4-8/h7-8,11H,3-6H2,1-2H3. The van der Waals surface area contributed by atoms with Crippen molar-refractivity contribution in [1.82, 2.24) is 5.32 Å². The number of esters is 1. The molecule has 2 aliphatic rings. The Bertz CT molecular complexity index is 242. The molecule has 1 aliphatic carbocycles. The van der Waals surface area contributed by atoms with Crippen LogP contribution in [0.25, 0.3) is 0 Å². The maximum absolute atomic E-state index is 11.7. The monoisotopic (exact) mass is 215 g/mol. The molecule has 4 heteroatoms. The molecule has 2 unspecified atom stereocenters. The number of ether oxygens (including phenoxy) is 1. The summed E-state index contributed by atoms with van der Waals surface area (Å²) in [7, 11) is 1.48. The molecule has 1 aliphatic heterocycles. The predicted molar refractivity (Wildman–Crippen MR) is 57.4 cm³/mol. The lowest BCUT2D eigenvalue weighted by atomic mass is 9.96. The van der Waals surface area contributed by atoms with Crippen LogP contribution in [-0.4, -0.2) is 35.7 Å². The molecular formula is C10H17NO2S. The molecule has 1 saturated carbocycles. The molecule has 0 aromatic heterocycles. The first-order valence-corrected chi connectivity index (χ1v) is 6.19. The lowest BCUT2D eigenvalue weighted by Crippen LogP contribution is -2.54. The number of carbonyl (C=O) groups excluding carboxylic acids is 1. The van der Waals surface area contributed by atoms with Crippen molar-refractivity contribution < 1.29 is 9.53 Å². The van der Waals surface area contributed by atoms with Crippen molar-refractivity contribution >= 4 is 17.7 Å².